The second kappa shape index (κ2) is 11.4. The van der Waals surface area contributed by atoms with E-state index in [1.165, 1.54) is 0 Å². The Bertz CT molecular complexity index is 218. The summed E-state index contributed by atoms with van der Waals surface area (Å²) < 4.78 is 27.4. The van der Waals surface area contributed by atoms with E-state index in [1.54, 1.807) is 34.5 Å². The van der Waals surface area contributed by atoms with E-state index >= 15 is 0 Å². The van der Waals surface area contributed by atoms with Crippen molar-refractivity contribution in [1.29, 1.82) is 0 Å². The van der Waals surface area contributed by atoms with Gasteiger partial charge in [-0.15, -0.1) is 6.58 Å². The van der Waals surface area contributed by atoms with Gasteiger partial charge in [-0.1, -0.05) is 13.0 Å². The van der Waals surface area contributed by atoms with Crippen molar-refractivity contribution < 1.29 is 23.7 Å². The third-order valence-corrected chi connectivity index (χ3v) is 3.13. The second-order valence-corrected chi connectivity index (χ2v) is 4.18. The van der Waals surface area contributed by atoms with E-state index in [1.807, 2.05) is 6.92 Å². The summed E-state index contributed by atoms with van der Waals surface area (Å²) in [5.41, 5.74) is 0. The molecule has 114 valence electrons. The minimum atomic E-state index is -0.260. The van der Waals surface area contributed by atoms with Crippen LogP contribution in [0.3, 0.4) is 0 Å². The molecule has 0 spiro atoms. The molecule has 0 aromatic carbocycles. The Morgan fingerprint density at radius 2 is 1.42 bits per heavy atom. The molecule has 0 aliphatic heterocycles. The topological polar surface area (TPSA) is 46.2 Å². The van der Waals surface area contributed by atoms with Gasteiger partial charge >= 0.3 is 0 Å². The highest BCUT2D eigenvalue weighted by Gasteiger charge is 2.35. The molecule has 4 atom stereocenters. The highest BCUT2D eigenvalue weighted by molar-refractivity contribution is 4.85. The van der Waals surface area contributed by atoms with E-state index in [2.05, 4.69) is 6.58 Å². The van der Waals surface area contributed by atoms with E-state index in [0.29, 0.717) is 13.2 Å². The van der Waals surface area contributed by atoms with E-state index in [0.717, 1.165) is 6.42 Å². The molecular weight excluding hydrogens is 248 g/mol. The summed E-state index contributed by atoms with van der Waals surface area (Å²) in [7, 11) is 6.59. The van der Waals surface area contributed by atoms with Gasteiger partial charge in [-0.25, -0.2) is 0 Å². The van der Waals surface area contributed by atoms with Gasteiger partial charge in [0.2, 0.25) is 0 Å². The van der Waals surface area contributed by atoms with Gasteiger partial charge < -0.3 is 23.7 Å². The number of ether oxygens (including phenoxy) is 5. The summed E-state index contributed by atoms with van der Waals surface area (Å²) in [5.74, 6) is 0. The predicted molar refractivity (Wildman–Crippen MR) is 74.5 cm³/mol. The van der Waals surface area contributed by atoms with Crippen LogP contribution in [-0.4, -0.2) is 66.1 Å². The molecule has 5 heteroatoms. The Kier molecular flexibility index (Phi) is 11.1. The lowest BCUT2D eigenvalue weighted by molar-refractivity contribution is -0.160. The molecule has 0 aliphatic carbocycles. The molecule has 0 aliphatic rings. The smallest absolute Gasteiger partial charge is 0.114 e. The van der Waals surface area contributed by atoms with Crippen LogP contribution in [0.5, 0.6) is 0 Å². The van der Waals surface area contributed by atoms with Gasteiger partial charge in [0.05, 0.1) is 19.3 Å². The van der Waals surface area contributed by atoms with E-state index < -0.39 is 0 Å². The van der Waals surface area contributed by atoms with Crippen molar-refractivity contribution in [1.82, 2.24) is 0 Å². The number of hydrogen-bond donors (Lipinski definition) is 0. The zero-order valence-corrected chi connectivity index (χ0v) is 12.8. The summed E-state index contributed by atoms with van der Waals surface area (Å²) >= 11 is 0. The van der Waals surface area contributed by atoms with E-state index in [-0.39, 0.29) is 24.4 Å². The minimum absolute atomic E-state index is 0.0491. The molecule has 0 aromatic heterocycles. The van der Waals surface area contributed by atoms with Gasteiger partial charge in [0.25, 0.3) is 0 Å². The van der Waals surface area contributed by atoms with Crippen molar-refractivity contribution in [3.63, 3.8) is 0 Å². The molecule has 0 saturated heterocycles. The fraction of sp³-hybridized carbons (Fsp3) is 0.857. The minimum Gasteiger partial charge on any atom is -0.379 e. The highest BCUT2D eigenvalue weighted by Crippen LogP contribution is 2.18. The molecule has 0 N–H and O–H groups in total. The van der Waals surface area contributed by atoms with Gasteiger partial charge in [-0.3, -0.25) is 0 Å². The number of rotatable bonds is 12. The lowest BCUT2D eigenvalue weighted by Gasteiger charge is -2.34. The van der Waals surface area contributed by atoms with E-state index in [4.69, 9.17) is 23.7 Å². The van der Waals surface area contributed by atoms with Gasteiger partial charge in [0.1, 0.15) is 18.3 Å². The molecule has 19 heavy (non-hydrogen) atoms. The van der Waals surface area contributed by atoms with Crippen LogP contribution in [0, 0.1) is 0 Å². The van der Waals surface area contributed by atoms with Gasteiger partial charge in [-0.2, -0.15) is 0 Å². The van der Waals surface area contributed by atoms with Crippen molar-refractivity contribution in [2.75, 3.05) is 41.7 Å². The first-order chi connectivity index (χ1) is 9.19. The molecule has 0 radical (unpaired) electrons. The Labute approximate surface area is 116 Å². The Morgan fingerprint density at radius 3 is 1.79 bits per heavy atom. The van der Waals surface area contributed by atoms with Crippen molar-refractivity contribution in [3.05, 3.63) is 12.7 Å². The zero-order valence-electron chi connectivity index (χ0n) is 12.8. The lowest BCUT2D eigenvalue weighted by Crippen LogP contribution is -2.49. The lowest BCUT2D eigenvalue weighted by atomic mass is 10.0. The molecule has 5 nitrogen and oxygen atoms in total. The average molecular weight is 276 g/mol. The summed E-state index contributed by atoms with van der Waals surface area (Å²) in [6, 6.07) is 0. The van der Waals surface area contributed by atoms with Crippen LogP contribution in [0.25, 0.3) is 0 Å². The van der Waals surface area contributed by atoms with Crippen LogP contribution in [0.2, 0.25) is 0 Å². The van der Waals surface area contributed by atoms with Gasteiger partial charge in [0.15, 0.2) is 0 Å². The third kappa shape index (κ3) is 6.01. The first kappa shape index (κ1) is 18.5. The standard InChI is InChI=1S/C14H28O5/c1-7-9-19-10-12(16-4)14(18-6)13(17-5)11(8-2)15-3/h7,11-14H,1,8-10H2,2-6H3/t11-,12+,13+,14+/m0/s1. The monoisotopic (exact) mass is 276 g/mol. The molecule has 0 rings (SSSR count). The fourth-order valence-corrected chi connectivity index (χ4v) is 2.09. The van der Waals surface area contributed by atoms with Crippen molar-refractivity contribution >= 4 is 0 Å². The Morgan fingerprint density at radius 1 is 0.895 bits per heavy atom. The fourth-order valence-electron chi connectivity index (χ4n) is 2.09. The Hall–Kier alpha value is -0.460. The van der Waals surface area contributed by atoms with Gasteiger partial charge in [-0.05, 0) is 6.42 Å². The van der Waals surface area contributed by atoms with Crippen LogP contribution >= 0.6 is 0 Å². The van der Waals surface area contributed by atoms with Crippen LogP contribution in [-0.2, 0) is 23.7 Å². The predicted octanol–water partition coefficient (Wildman–Crippen LogP) is 1.66. The molecule has 0 bridgehead atoms. The largest absolute Gasteiger partial charge is 0.379 e. The molecule has 0 unspecified atom stereocenters. The Balaban J connectivity index is 4.73. The molecule has 0 fully saturated rings. The van der Waals surface area contributed by atoms with Crippen LogP contribution in [0.4, 0.5) is 0 Å². The molecule has 0 aromatic rings. The maximum atomic E-state index is 5.54. The first-order valence-corrected chi connectivity index (χ1v) is 6.49. The SMILES string of the molecule is C=CCOC[C@@H](OC)[C@@H](OC)[C@H](OC)[C@H](CC)OC. The average Bonchev–Trinajstić information content (AvgIpc) is 2.45. The van der Waals surface area contributed by atoms with Crippen molar-refractivity contribution in [2.45, 2.75) is 37.8 Å². The molecule has 0 saturated carbocycles. The maximum absolute atomic E-state index is 5.54. The number of hydrogen-bond acceptors (Lipinski definition) is 5. The quantitative estimate of drug-likeness (QED) is 0.401. The second-order valence-electron chi connectivity index (χ2n) is 4.18. The zero-order chi connectivity index (χ0) is 14.7. The molecule has 0 heterocycles. The molecular formula is C14H28O5. The normalized spacial score (nSPS) is 17.7. The van der Waals surface area contributed by atoms with Crippen LogP contribution in [0.1, 0.15) is 13.3 Å². The first-order valence-electron chi connectivity index (χ1n) is 6.49. The van der Waals surface area contributed by atoms with Crippen molar-refractivity contribution in [3.8, 4) is 0 Å². The van der Waals surface area contributed by atoms with Crippen molar-refractivity contribution in [2.24, 2.45) is 0 Å². The van der Waals surface area contributed by atoms with Crippen LogP contribution in [0.15, 0.2) is 12.7 Å². The van der Waals surface area contributed by atoms with E-state index in [9.17, 15) is 0 Å². The summed E-state index contributed by atoms with van der Waals surface area (Å²) in [6.45, 7) is 6.56. The third-order valence-electron chi connectivity index (χ3n) is 3.13. The molecule has 0 amide bonds. The summed E-state index contributed by atoms with van der Waals surface area (Å²) in [5, 5.41) is 0. The number of methoxy groups -OCH3 is 4. The maximum Gasteiger partial charge on any atom is 0.114 e. The highest BCUT2D eigenvalue weighted by atomic mass is 16.6. The summed E-state index contributed by atoms with van der Waals surface area (Å²) in [6.07, 6.45) is 1.79. The summed E-state index contributed by atoms with van der Waals surface area (Å²) in [4.78, 5) is 0. The van der Waals surface area contributed by atoms with Gasteiger partial charge in [0, 0.05) is 28.4 Å². The van der Waals surface area contributed by atoms with Crippen LogP contribution < -0.4 is 0 Å².